The van der Waals surface area contributed by atoms with E-state index in [2.05, 4.69) is 11.4 Å². The Hall–Kier alpha value is -1.60. The Morgan fingerprint density at radius 3 is 2.52 bits per heavy atom. The lowest BCUT2D eigenvalue weighted by Crippen LogP contribution is -2.50. The molecule has 1 atom stereocenters. The third-order valence-electron chi connectivity index (χ3n) is 5.10. The van der Waals surface area contributed by atoms with Crippen LogP contribution in [0.25, 0.3) is 0 Å². The van der Waals surface area contributed by atoms with Crippen LogP contribution in [0.15, 0.2) is 0 Å². The first-order chi connectivity index (χ1) is 13.6. The van der Waals surface area contributed by atoms with Crippen molar-refractivity contribution >= 4 is 39.6 Å². The van der Waals surface area contributed by atoms with Gasteiger partial charge in [0.05, 0.1) is 18.4 Å². The molecule has 2 fully saturated rings. The Labute approximate surface area is 179 Å². The molecule has 2 N–H and O–H groups in total. The number of rotatable bonds is 8. The van der Waals surface area contributed by atoms with Crippen LogP contribution >= 0.6 is 21.6 Å². The number of hydrogen-bond acceptors (Lipinski definition) is 7. The van der Waals surface area contributed by atoms with Gasteiger partial charge >= 0.3 is 12.1 Å². The standard InChI is InChI=1S/C19H29N3O5S2/c1-18(2,3)27-17(26)22-11-14(10-20)19(12-22)8-13(9-19)16(25)21-5-7-29-28-6-4-15(23)24/h13-14H,4-9,11-12H2,1-3H3,(H,21,25)(H,23,24). The van der Waals surface area contributed by atoms with E-state index in [9.17, 15) is 19.6 Å². The molecule has 2 aliphatic rings. The maximum atomic E-state index is 12.3. The fourth-order valence-electron chi connectivity index (χ4n) is 3.74. The van der Waals surface area contributed by atoms with Gasteiger partial charge < -0.3 is 20.1 Å². The molecule has 29 heavy (non-hydrogen) atoms. The van der Waals surface area contributed by atoms with E-state index in [0.29, 0.717) is 44.0 Å². The Morgan fingerprint density at radius 2 is 1.93 bits per heavy atom. The van der Waals surface area contributed by atoms with Crippen LogP contribution in [0.3, 0.4) is 0 Å². The summed E-state index contributed by atoms with van der Waals surface area (Å²) in [6.45, 7) is 6.77. The van der Waals surface area contributed by atoms with Crippen LogP contribution in [0.1, 0.15) is 40.0 Å². The summed E-state index contributed by atoms with van der Waals surface area (Å²) >= 11 is 0. The zero-order valence-corrected chi connectivity index (χ0v) is 18.7. The Bertz CT molecular complexity index is 668. The van der Waals surface area contributed by atoms with Gasteiger partial charge in [0.2, 0.25) is 5.91 Å². The number of nitrogens with one attached hydrogen (secondary N) is 1. The van der Waals surface area contributed by atoms with Crippen LogP contribution in [-0.2, 0) is 14.3 Å². The third-order valence-corrected chi connectivity index (χ3v) is 7.51. The topological polar surface area (TPSA) is 120 Å². The molecule has 0 aromatic carbocycles. The van der Waals surface area contributed by atoms with Crippen molar-refractivity contribution in [2.24, 2.45) is 17.3 Å². The number of carbonyl (C=O) groups is 3. The summed E-state index contributed by atoms with van der Waals surface area (Å²) in [5.74, 6) is 0.0239. The molecular formula is C19H29N3O5S2. The summed E-state index contributed by atoms with van der Waals surface area (Å²) in [4.78, 5) is 36.7. The van der Waals surface area contributed by atoms with Crippen LogP contribution in [-0.4, -0.2) is 64.7 Å². The van der Waals surface area contributed by atoms with E-state index in [1.54, 1.807) is 15.7 Å². The summed E-state index contributed by atoms with van der Waals surface area (Å²) < 4.78 is 5.42. The molecule has 2 amide bonds. The highest BCUT2D eigenvalue weighted by atomic mass is 33.1. The summed E-state index contributed by atoms with van der Waals surface area (Å²) in [5.41, 5.74) is -0.893. The highest BCUT2D eigenvalue weighted by Gasteiger charge is 2.57. The molecule has 0 radical (unpaired) electrons. The highest BCUT2D eigenvalue weighted by Crippen LogP contribution is 2.54. The Kier molecular flexibility index (Phi) is 8.11. The van der Waals surface area contributed by atoms with E-state index in [0.717, 1.165) is 0 Å². The van der Waals surface area contributed by atoms with Gasteiger partial charge in [0, 0.05) is 42.5 Å². The molecule has 1 spiro atoms. The van der Waals surface area contributed by atoms with Crippen molar-refractivity contribution in [2.75, 3.05) is 31.1 Å². The zero-order valence-electron chi connectivity index (χ0n) is 17.1. The number of nitrogens with zero attached hydrogens (tertiary/aromatic N) is 2. The van der Waals surface area contributed by atoms with Crippen LogP contribution < -0.4 is 5.32 Å². The average molecular weight is 444 g/mol. The normalized spacial score (nSPS) is 25.9. The molecule has 1 saturated heterocycles. The Morgan fingerprint density at radius 1 is 1.28 bits per heavy atom. The van der Waals surface area contributed by atoms with Gasteiger partial charge in [0.15, 0.2) is 0 Å². The van der Waals surface area contributed by atoms with Crippen LogP contribution in [0.2, 0.25) is 0 Å². The van der Waals surface area contributed by atoms with Crippen LogP contribution in [0.4, 0.5) is 4.79 Å². The summed E-state index contributed by atoms with van der Waals surface area (Å²) in [6, 6.07) is 2.31. The molecule has 1 aliphatic heterocycles. The van der Waals surface area contributed by atoms with Crippen molar-refractivity contribution in [3.05, 3.63) is 0 Å². The maximum Gasteiger partial charge on any atom is 0.410 e. The minimum atomic E-state index is -0.807. The fourth-order valence-corrected chi connectivity index (χ4v) is 5.63. The molecule has 10 heteroatoms. The predicted molar refractivity (Wildman–Crippen MR) is 112 cm³/mol. The van der Waals surface area contributed by atoms with Gasteiger partial charge in [-0.2, -0.15) is 5.26 Å². The molecule has 1 unspecified atom stereocenters. The lowest BCUT2D eigenvalue weighted by Gasteiger charge is -2.45. The van der Waals surface area contributed by atoms with Crippen LogP contribution in [0, 0.1) is 28.6 Å². The first-order valence-electron chi connectivity index (χ1n) is 9.68. The maximum absolute atomic E-state index is 12.3. The van der Waals surface area contributed by atoms with E-state index >= 15 is 0 Å². The van der Waals surface area contributed by atoms with Crippen molar-refractivity contribution in [2.45, 2.75) is 45.6 Å². The predicted octanol–water partition coefficient (Wildman–Crippen LogP) is 2.75. The molecule has 1 aliphatic carbocycles. The van der Waals surface area contributed by atoms with Gasteiger partial charge in [-0.15, -0.1) is 0 Å². The van der Waals surface area contributed by atoms with Crippen molar-refractivity contribution in [3.8, 4) is 6.07 Å². The first-order valence-corrected chi connectivity index (χ1v) is 12.2. The van der Waals surface area contributed by atoms with E-state index in [4.69, 9.17) is 9.84 Å². The number of nitriles is 1. The van der Waals surface area contributed by atoms with Gasteiger partial charge in [-0.25, -0.2) is 4.79 Å². The minimum absolute atomic E-state index is 0.0147. The van der Waals surface area contributed by atoms with Gasteiger partial charge in [0.25, 0.3) is 0 Å². The van der Waals surface area contributed by atoms with Gasteiger partial charge in [0.1, 0.15) is 5.60 Å². The number of likely N-dealkylation sites (tertiary alicyclic amines) is 1. The largest absolute Gasteiger partial charge is 0.481 e. The second-order valence-electron chi connectivity index (χ2n) is 8.59. The highest BCUT2D eigenvalue weighted by molar-refractivity contribution is 8.76. The average Bonchev–Trinajstić information content (AvgIpc) is 2.98. The zero-order chi connectivity index (χ0) is 21.7. The summed E-state index contributed by atoms with van der Waals surface area (Å²) in [7, 11) is 3.03. The number of carboxylic acids is 1. The third kappa shape index (κ3) is 6.71. The van der Waals surface area contributed by atoms with Crippen molar-refractivity contribution < 1.29 is 24.2 Å². The number of ether oxygens (including phenoxy) is 1. The quantitative estimate of drug-likeness (QED) is 0.434. The van der Waals surface area contributed by atoms with Crippen molar-refractivity contribution in [3.63, 3.8) is 0 Å². The first kappa shape index (κ1) is 23.7. The molecular weight excluding hydrogens is 414 g/mol. The van der Waals surface area contributed by atoms with Gasteiger partial charge in [-0.05, 0) is 33.6 Å². The molecule has 1 saturated carbocycles. The van der Waals surface area contributed by atoms with Crippen molar-refractivity contribution in [1.82, 2.24) is 10.2 Å². The molecule has 0 bridgehead atoms. The number of carbonyl (C=O) groups excluding carboxylic acids is 2. The number of amides is 2. The molecule has 1 heterocycles. The summed E-state index contributed by atoms with van der Waals surface area (Å²) in [6.07, 6.45) is 0.947. The van der Waals surface area contributed by atoms with E-state index in [1.165, 1.54) is 10.8 Å². The van der Waals surface area contributed by atoms with Gasteiger partial charge in [-0.3, -0.25) is 9.59 Å². The van der Waals surface area contributed by atoms with E-state index in [-0.39, 0.29) is 29.6 Å². The van der Waals surface area contributed by atoms with E-state index in [1.807, 2.05) is 20.8 Å². The molecule has 8 nitrogen and oxygen atoms in total. The minimum Gasteiger partial charge on any atom is -0.481 e. The molecule has 162 valence electrons. The number of aliphatic carboxylic acids is 1. The van der Waals surface area contributed by atoms with E-state index < -0.39 is 17.7 Å². The van der Waals surface area contributed by atoms with Crippen LogP contribution in [0.5, 0.6) is 0 Å². The fraction of sp³-hybridized carbons (Fsp3) is 0.789. The van der Waals surface area contributed by atoms with Crippen molar-refractivity contribution in [1.29, 1.82) is 5.26 Å². The number of hydrogen-bond donors (Lipinski definition) is 2. The lowest BCUT2D eigenvalue weighted by molar-refractivity contribution is -0.136. The number of carboxylic acid groups (broad SMARTS) is 1. The Balaban J connectivity index is 1.72. The SMILES string of the molecule is CC(C)(C)OC(=O)N1CC(C#N)C2(CC(C(=O)NCCSSCCC(=O)O)C2)C1. The second kappa shape index (κ2) is 9.94. The second-order valence-corrected chi connectivity index (χ2v) is 11.3. The summed E-state index contributed by atoms with van der Waals surface area (Å²) in [5, 5.41) is 21.0. The smallest absolute Gasteiger partial charge is 0.410 e. The molecule has 0 aromatic rings. The van der Waals surface area contributed by atoms with Gasteiger partial charge in [-0.1, -0.05) is 21.6 Å². The molecule has 0 aromatic heterocycles. The lowest BCUT2D eigenvalue weighted by atomic mass is 9.57. The molecule has 2 rings (SSSR count). The monoisotopic (exact) mass is 443 g/mol.